The largest absolute Gasteiger partial charge is 0.491 e. The Bertz CT molecular complexity index is 1940. The molecule has 2 heterocycles. The van der Waals surface area contributed by atoms with Crippen LogP contribution in [0.25, 0.3) is 0 Å². The Hall–Kier alpha value is -5.76. The number of nitrogens with zero attached hydrogens (tertiary/aromatic N) is 4. The summed E-state index contributed by atoms with van der Waals surface area (Å²) in [5.74, 6) is -6.79. The minimum absolute atomic E-state index is 0.0388. The van der Waals surface area contributed by atoms with Gasteiger partial charge in [0.1, 0.15) is 12.4 Å². The number of benzene rings is 3. The molecule has 0 aromatic heterocycles. The first-order chi connectivity index (χ1) is 23.1. The number of carbonyl (C=O) groups is 4. The van der Waals surface area contributed by atoms with Crippen LogP contribution in [0.1, 0.15) is 24.3 Å². The smallest absolute Gasteiger partial charge is 0.271 e. The molecular weight excluding hydrogens is 624 g/mol. The number of aliphatic hydroxyl groups is 1. The molecule has 0 spiro atoms. The van der Waals surface area contributed by atoms with E-state index in [1.165, 1.54) is 48.5 Å². The number of fused-ring (bicyclic) bond motifs is 4. The van der Waals surface area contributed by atoms with Crippen molar-refractivity contribution in [1.82, 2.24) is 0 Å². The molecule has 48 heavy (non-hydrogen) atoms. The lowest BCUT2D eigenvalue weighted by Gasteiger charge is -2.44. The van der Waals surface area contributed by atoms with Crippen LogP contribution < -0.4 is 14.5 Å². The lowest BCUT2D eigenvalue weighted by Crippen LogP contribution is -2.43. The van der Waals surface area contributed by atoms with Crippen molar-refractivity contribution in [3.63, 3.8) is 0 Å². The molecule has 3 aromatic rings. The number of rotatable bonds is 8. The molecular formula is C34H28N4O10. The average molecular weight is 653 g/mol. The minimum Gasteiger partial charge on any atom is -0.491 e. The maximum atomic E-state index is 14.3. The molecule has 1 saturated carbocycles. The van der Waals surface area contributed by atoms with Crippen LogP contribution >= 0.6 is 0 Å². The summed E-state index contributed by atoms with van der Waals surface area (Å²) in [5.41, 5.74) is 0.811. The van der Waals surface area contributed by atoms with Gasteiger partial charge < -0.3 is 9.84 Å². The maximum Gasteiger partial charge on any atom is 0.271 e. The number of carbonyl (C=O) groups excluding carboxylic acids is 4. The fourth-order valence-corrected chi connectivity index (χ4v) is 7.96. The molecule has 6 atom stereocenters. The molecule has 0 bridgehead atoms. The first-order valence-electron chi connectivity index (χ1n) is 15.4. The number of para-hydroxylation sites is 1. The number of anilines is 2. The molecule has 3 fully saturated rings. The number of hydrogen-bond acceptors (Lipinski definition) is 10. The topological polar surface area (TPSA) is 190 Å². The van der Waals surface area contributed by atoms with Crippen molar-refractivity contribution in [3.05, 3.63) is 110 Å². The molecule has 1 N–H and O–H groups in total. The predicted molar refractivity (Wildman–Crippen MR) is 168 cm³/mol. The van der Waals surface area contributed by atoms with Gasteiger partial charge in [0, 0.05) is 35.7 Å². The first-order valence-corrected chi connectivity index (χ1v) is 15.4. The number of nitro groups is 2. The molecule has 0 radical (unpaired) electrons. The van der Waals surface area contributed by atoms with Gasteiger partial charge in [-0.2, -0.15) is 0 Å². The van der Waals surface area contributed by atoms with E-state index in [2.05, 4.69) is 0 Å². The SMILES string of the molecule is O=C1[C@H]2[C@H](CC=C3[C@H]2C[C@H]2C(=O)N(c4cccc([N+](=O)[O-])c4)C(=O)[C@H]2[C@H]3c2ccccc2OCCO)C(=O)N1c1cccc([N+](=O)[O-])c1. The van der Waals surface area contributed by atoms with Gasteiger partial charge in [-0.1, -0.05) is 42.0 Å². The lowest BCUT2D eigenvalue weighted by atomic mass is 9.57. The van der Waals surface area contributed by atoms with Crippen LogP contribution in [0.4, 0.5) is 22.7 Å². The quantitative estimate of drug-likeness (QED) is 0.162. The van der Waals surface area contributed by atoms with Gasteiger partial charge in [0.05, 0.1) is 51.5 Å². The van der Waals surface area contributed by atoms with Gasteiger partial charge in [-0.05, 0) is 37.0 Å². The molecule has 2 aliphatic carbocycles. The number of nitro benzene ring substituents is 2. The second-order valence-corrected chi connectivity index (χ2v) is 12.2. The Morgan fingerprint density at radius 3 is 1.92 bits per heavy atom. The monoisotopic (exact) mass is 652 g/mol. The molecule has 4 amide bonds. The predicted octanol–water partition coefficient (Wildman–Crippen LogP) is 3.92. The zero-order valence-corrected chi connectivity index (χ0v) is 25.2. The fourth-order valence-electron chi connectivity index (χ4n) is 7.96. The van der Waals surface area contributed by atoms with Gasteiger partial charge in [0.15, 0.2) is 0 Å². The Balaban J connectivity index is 1.34. The third-order valence-electron chi connectivity index (χ3n) is 9.85. The Labute approximate surface area is 272 Å². The molecule has 244 valence electrons. The molecule has 14 heteroatoms. The standard InChI is InChI=1S/C34H28N4O10/c39-13-14-48-27-10-2-1-9-23(27)28-22-11-12-24-29(33(42)35(31(24)40)18-5-3-7-20(15-18)37(44)45)25(22)17-26-30(28)34(43)36(32(26)41)19-6-4-8-21(16-19)38(46)47/h1-11,15-16,24-26,28-30,39H,12-14,17H2/t24-,25+,26+,28+,29-,30+/m0/s1. The number of amides is 4. The molecule has 7 rings (SSSR count). The molecule has 3 aromatic carbocycles. The van der Waals surface area contributed by atoms with Crippen LogP contribution in [0, 0.1) is 49.8 Å². The van der Waals surface area contributed by atoms with Crippen LogP contribution in [0.3, 0.4) is 0 Å². The molecule has 14 nitrogen and oxygen atoms in total. The van der Waals surface area contributed by atoms with Gasteiger partial charge >= 0.3 is 0 Å². The van der Waals surface area contributed by atoms with Crippen molar-refractivity contribution in [2.45, 2.75) is 18.8 Å². The van der Waals surface area contributed by atoms with E-state index in [-0.39, 0.29) is 48.8 Å². The minimum atomic E-state index is -0.949. The van der Waals surface area contributed by atoms with E-state index in [4.69, 9.17) is 4.74 Å². The molecule has 0 unspecified atom stereocenters. The van der Waals surface area contributed by atoms with Crippen molar-refractivity contribution >= 4 is 46.4 Å². The van der Waals surface area contributed by atoms with Crippen LogP contribution in [-0.2, 0) is 19.2 Å². The summed E-state index contributed by atoms with van der Waals surface area (Å²) in [4.78, 5) is 80.2. The van der Waals surface area contributed by atoms with Crippen LogP contribution in [0.15, 0.2) is 84.4 Å². The van der Waals surface area contributed by atoms with Gasteiger partial charge in [-0.3, -0.25) is 39.4 Å². The average Bonchev–Trinajstić information content (AvgIpc) is 3.50. The summed E-state index contributed by atoms with van der Waals surface area (Å²) < 4.78 is 5.87. The highest BCUT2D eigenvalue weighted by Gasteiger charge is 2.62. The maximum absolute atomic E-state index is 14.3. The number of aliphatic hydroxyl groups excluding tert-OH is 1. The van der Waals surface area contributed by atoms with Gasteiger partial charge in [-0.15, -0.1) is 0 Å². The summed E-state index contributed by atoms with van der Waals surface area (Å²) >= 11 is 0. The number of allylic oxidation sites excluding steroid dienone is 2. The van der Waals surface area contributed by atoms with Gasteiger partial charge in [0.2, 0.25) is 23.6 Å². The molecule has 2 aliphatic heterocycles. The summed E-state index contributed by atoms with van der Waals surface area (Å²) in [6.07, 6.45) is 2.08. The number of non-ortho nitro benzene ring substituents is 2. The van der Waals surface area contributed by atoms with Crippen molar-refractivity contribution in [3.8, 4) is 5.75 Å². The number of ether oxygens (including phenoxy) is 1. The van der Waals surface area contributed by atoms with Crippen molar-refractivity contribution in [2.24, 2.45) is 29.6 Å². The molecule has 4 aliphatic rings. The zero-order valence-electron chi connectivity index (χ0n) is 25.2. The second kappa shape index (κ2) is 11.8. The third-order valence-corrected chi connectivity index (χ3v) is 9.85. The summed E-state index contributed by atoms with van der Waals surface area (Å²) in [5, 5.41) is 32.5. The highest BCUT2D eigenvalue weighted by molar-refractivity contribution is 6.24. The van der Waals surface area contributed by atoms with E-state index in [1.807, 2.05) is 6.08 Å². The normalized spacial score (nSPS) is 26.1. The van der Waals surface area contributed by atoms with E-state index in [0.717, 1.165) is 9.80 Å². The van der Waals surface area contributed by atoms with Crippen LogP contribution in [0.5, 0.6) is 5.75 Å². The fraction of sp³-hybridized carbons (Fsp3) is 0.294. The Morgan fingerprint density at radius 1 is 0.729 bits per heavy atom. The highest BCUT2D eigenvalue weighted by Crippen LogP contribution is 2.59. The van der Waals surface area contributed by atoms with Crippen molar-refractivity contribution in [1.29, 1.82) is 0 Å². The van der Waals surface area contributed by atoms with E-state index in [9.17, 15) is 44.5 Å². The van der Waals surface area contributed by atoms with E-state index < -0.39 is 69.0 Å². The number of hydrogen-bond donors (Lipinski definition) is 1. The van der Waals surface area contributed by atoms with E-state index >= 15 is 0 Å². The van der Waals surface area contributed by atoms with Crippen LogP contribution in [0.2, 0.25) is 0 Å². The Kier molecular flexibility index (Phi) is 7.59. The highest BCUT2D eigenvalue weighted by atomic mass is 16.6. The summed E-state index contributed by atoms with van der Waals surface area (Å²) in [7, 11) is 0. The van der Waals surface area contributed by atoms with Crippen LogP contribution in [-0.4, -0.2) is 51.8 Å². The van der Waals surface area contributed by atoms with Gasteiger partial charge in [0.25, 0.3) is 11.4 Å². The summed E-state index contributed by atoms with van der Waals surface area (Å²) in [6, 6.07) is 17.5. The number of imide groups is 2. The third kappa shape index (κ3) is 4.75. The van der Waals surface area contributed by atoms with Crippen molar-refractivity contribution < 1.29 is 38.9 Å². The second-order valence-electron chi connectivity index (χ2n) is 12.2. The Morgan fingerprint density at radius 2 is 1.31 bits per heavy atom. The summed E-state index contributed by atoms with van der Waals surface area (Å²) in [6.45, 7) is -0.314. The first kappa shape index (κ1) is 30.9. The molecule has 2 saturated heterocycles. The van der Waals surface area contributed by atoms with E-state index in [0.29, 0.717) is 16.9 Å². The van der Waals surface area contributed by atoms with E-state index in [1.54, 1.807) is 24.3 Å². The van der Waals surface area contributed by atoms with Gasteiger partial charge in [-0.25, -0.2) is 9.80 Å². The lowest BCUT2D eigenvalue weighted by molar-refractivity contribution is -0.385. The van der Waals surface area contributed by atoms with Crippen molar-refractivity contribution in [2.75, 3.05) is 23.0 Å². The zero-order chi connectivity index (χ0) is 33.9.